The van der Waals surface area contributed by atoms with Gasteiger partial charge in [-0.15, -0.1) is 0 Å². The van der Waals surface area contributed by atoms with Crippen molar-refractivity contribution in [2.24, 2.45) is 5.10 Å². The van der Waals surface area contributed by atoms with E-state index >= 15 is 0 Å². The molecular weight excluding hydrogens is 532 g/mol. The number of benzene rings is 2. The fourth-order valence-corrected chi connectivity index (χ4v) is 5.65. The van der Waals surface area contributed by atoms with E-state index in [1.54, 1.807) is 60.7 Å². The monoisotopic (exact) mass is 556 g/mol. The third kappa shape index (κ3) is 5.96. The number of carboxylic acid groups (broad SMARTS) is 1. The van der Waals surface area contributed by atoms with Crippen LogP contribution in [0, 0.1) is 11.3 Å². The zero-order valence-electron chi connectivity index (χ0n) is 20.4. The molecule has 11 nitrogen and oxygen atoms in total. The van der Waals surface area contributed by atoms with Crippen LogP contribution in [0.25, 0.3) is 10.9 Å². The average Bonchev–Trinajstić information content (AvgIpc) is 3.32. The van der Waals surface area contributed by atoms with Crippen LogP contribution in [0.1, 0.15) is 17.5 Å². The number of halogens is 1. The van der Waals surface area contributed by atoms with E-state index in [1.807, 2.05) is 0 Å². The molecule has 0 saturated carbocycles. The number of aromatic nitrogens is 1. The molecule has 0 unspecified atom stereocenters. The Morgan fingerprint density at radius 3 is 2.71 bits per heavy atom. The first-order chi connectivity index (χ1) is 18.1. The fourth-order valence-electron chi connectivity index (χ4n) is 4.06. The van der Waals surface area contributed by atoms with Gasteiger partial charge in [-0.05, 0) is 35.4 Å². The highest BCUT2D eigenvalue weighted by Gasteiger charge is 2.42. The standard InChI is InChI=1S/C25H25ClN6O5S/c1-30(10-2-9-27)28-13-17-3-5-18(6-4-17)14-32-22(25(34)35)15-31(16-24(32)33)38(36,37)23-12-19-11-20(26)7-8-21(19)29-23/h3-8,11-13,22,29H,2,10,14-16H2,1H3,(H,34,35)/b28-13+/t22-/m1/s1. The van der Waals surface area contributed by atoms with Crippen molar-refractivity contribution >= 4 is 50.6 Å². The predicted octanol–water partition coefficient (Wildman–Crippen LogP) is 2.49. The van der Waals surface area contributed by atoms with Crippen LogP contribution in [0.5, 0.6) is 0 Å². The van der Waals surface area contributed by atoms with Crippen LogP contribution < -0.4 is 0 Å². The number of hydrazone groups is 1. The first kappa shape index (κ1) is 27.1. The van der Waals surface area contributed by atoms with Gasteiger partial charge in [0.05, 0.1) is 25.2 Å². The van der Waals surface area contributed by atoms with Gasteiger partial charge in [-0.25, -0.2) is 13.2 Å². The highest BCUT2D eigenvalue weighted by atomic mass is 35.5. The number of hydrogen-bond donors (Lipinski definition) is 2. The van der Waals surface area contributed by atoms with Gasteiger partial charge in [0.15, 0.2) is 0 Å². The number of nitrogens with one attached hydrogen (secondary N) is 1. The lowest BCUT2D eigenvalue weighted by molar-refractivity contribution is -0.154. The molecule has 2 N–H and O–H groups in total. The number of amides is 1. The maximum Gasteiger partial charge on any atom is 0.327 e. The van der Waals surface area contributed by atoms with E-state index in [0.717, 1.165) is 9.87 Å². The van der Waals surface area contributed by atoms with E-state index in [0.29, 0.717) is 34.5 Å². The molecular formula is C25H25ClN6O5S. The van der Waals surface area contributed by atoms with Crippen LogP contribution in [0.15, 0.2) is 58.7 Å². The fraction of sp³-hybridized carbons (Fsp3) is 0.280. The van der Waals surface area contributed by atoms with Crippen LogP contribution in [0.2, 0.25) is 5.02 Å². The Labute approximate surface area is 224 Å². The Bertz CT molecular complexity index is 1530. The Hall–Kier alpha value is -3.92. The summed E-state index contributed by atoms with van der Waals surface area (Å²) in [6.45, 7) is -0.366. The maximum absolute atomic E-state index is 13.3. The molecule has 13 heteroatoms. The predicted molar refractivity (Wildman–Crippen MR) is 141 cm³/mol. The highest BCUT2D eigenvalue weighted by molar-refractivity contribution is 7.89. The van der Waals surface area contributed by atoms with Gasteiger partial charge in [-0.3, -0.25) is 9.80 Å². The minimum atomic E-state index is -4.17. The van der Waals surface area contributed by atoms with E-state index in [2.05, 4.69) is 16.2 Å². The van der Waals surface area contributed by atoms with E-state index in [9.17, 15) is 23.1 Å². The smallest absolute Gasteiger partial charge is 0.327 e. The molecule has 1 fully saturated rings. The van der Waals surface area contributed by atoms with Crippen LogP contribution in [0.3, 0.4) is 0 Å². The van der Waals surface area contributed by atoms with Gasteiger partial charge in [0.2, 0.25) is 5.91 Å². The second kappa shape index (κ2) is 11.2. The Morgan fingerprint density at radius 2 is 2.03 bits per heavy atom. The number of rotatable bonds is 9. The maximum atomic E-state index is 13.3. The summed E-state index contributed by atoms with van der Waals surface area (Å²) in [4.78, 5) is 29.1. The number of nitrogens with zero attached hydrogens (tertiary/aromatic N) is 5. The molecule has 2 heterocycles. The Kier molecular flexibility index (Phi) is 8.01. The van der Waals surface area contributed by atoms with Crippen molar-refractivity contribution in [3.05, 3.63) is 64.7 Å². The molecule has 38 heavy (non-hydrogen) atoms. The number of carboxylic acids is 1. The molecule has 0 spiro atoms. The van der Waals surface area contributed by atoms with Gasteiger partial charge in [0, 0.05) is 42.6 Å². The van der Waals surface area contributed by atoms with E-state index in [4.69, 9.17) is 16.9 Å². The van der Waals surface area contributed by atoms with Crippen LogP contribution in [0.4, 0.5) is 0 Å². The summed E-state index contributed by atoms with van der Waals surface area (Å²) in [5.74, 6) is -1.91. The van der Waals surface area contributed by atoms with Crippen molar-refractivity contribution in [1.29, 1.82) is 5.26 Å². The number of sulfonamides is 1. The van der Waals surface area contributed by atoms with Crippen molar-refractivity contribution in [2.75, 3.05) is 26.7 Å². The lowest BCUT2D eigenvalue weighted by Crippen LogP contribution is -2.60. The van der Waals surface area contributed by atoms with Crippen molar-refractivity contribution in [1.82, 2.24) is 19.2 Å². The molecule has 1 saturated heterocycles. The number of nitriles is 1. The topological polar surface area (TPSA) is 150 Å². The van der Waals surface area contributed by atoms with Crippen LogP contribution in [-0.4, -0.2) is 83.5 Å². The largest absolute Gasteiger partial charge is 0.480 e. The minimum Gasteiger partial charge on any atom is -0.480 e. The third-order valence-electron chi connectivity index (χ3n) is 6.13. The first-order valence-electron chi connectivity index (χ1n) is 11.6. The van der Waals surface area contributed by atoms with Crippen molar-refractivity contribution in [2.45, 2.75) is 24.0 Å². The van der Waals surface area contributed by atoms with Gasteiger partial charge in [0.25, 0.3) is 10.0 Å². The highest BCUT2D eigenvalue weighted by Crippen LogP contribution is 2.26. The summed E-state index contributed by atoms with van der Waals surface area (Å²) in [5, 5.41) is 25.3. The summed E-state index contributed by atoms with van der Waals surface area (Å²) >= 11 is 5.99. The lowest BCUT2D eigenvalue weighted by Gasteiger charge is -2.38. The molecule has 1 aromatic heterocycles. The molecule has 1 aliphatic heterocycles. The average molecular weight is 557 g/mol. The zero-order valence-corrected chi connectivity index (χ0v) is 22.0. The van der Waals surface area contributed by atoms with Gasteiger partial charge in [0.1, 0.15) is 11.1 Å². The number of H-pyrrole nitrogens is 1. The SMILES string of the molecule is CN(CCC#N)/N=C/c1ccc(CN2C(=O)CN(S(=O)(=O)c3cc4cc(Cl)ccc4[nH]3)C[C@@H]2C(=O)O)cc1. The van der Waals surface area contributed by atoms with Crippen LogP contribution >= 0.6 is 11.6 Å². The lowest BCUT2D eigenvalue weighted by atomic mass is 10.1. The molecule has 0 bridgehead atoms. The molecule has 1 atom stereocenters. The first-order valence-corrected chi connectivity index (χ1v) is 13.4. The summed E-state index contributed by atoms with van der Waals surface area (Å²) in [6.07, 6.45) is 1.99. The molecule has 1 aliphatic rings. The summed E-state index contributed by atoms with van der Waals surface area (Å²) in [6, 6.07) is 14.0. The number of carbonyl (C=O) groups is 2. The second-order valence-corrected chi connectivity index (χ2v) is 11.2. The molecule has 198 valence electrons. The van der Waals surface area contributed by atoms with E-state index < -0.39 is 34.5 Å². The van der Waals surface area contributed by atoms with Crippen molar-refractivity contribution in [3.63, 3.8) is 0 Å². The van der Waals surface area contributed by atoms with E-state index in [-0.39, 0.29) is 18.1 Å². The summed E-state index contributed by atoms with van der Waals surface area (Å²) < 4.78 is 27.5. The number of hydrogen-bond acceptors (Lipinski definition) is 7. The molecule has 0 aliphatic carbocycles. The molecule has 3 aromatic rings. The van der Waals surface area contributed by atoms with Crippen molar-refractivity contribution < 1.29 is 23.1 Å². The Morgan fingerprint density at radius 1 is 1.29 bits per heavy atom. The molecule has 2 aromatic carbocycles. The quantitative estimate of drug-likeness (QED) is 0.303. The van der Waals surface area contributed by atoms with Gasteiger partial charge >= 0.3 is 5.97 Å². The number of fused-ring (bicyclic) bond motifs is 1. The van der Waals surface area contributed by atoms with Crippen LogP contribution in [-0.2, 0) is 26.2 Å². The summed E-state index contributed by atoms with van der Waals surface area (Å²) in [5.41, 5.74) is 2.02. The molecule has 4 rings (SSSR count). The minimum absolute atomic E-state index is 0.00801. The van der Waals surface area contributed by atoms with Crippen molar-refractivity contribution in [3.8, 4) is 6.07 Å². The number of aliphatic carboxylic acids is 1. The third-order valence-corrected chi connectivity index (χ3v) is 8.10. The number of carbonyl (C=O) groups excluding carboxylic acids is 1. The zero-order chi connectivity index (χ0) is 27.4. The van der Waals surface area contributed by atoms with Gasteiger partial charge < -0.3 is 15.0 Å². The second-order valence-electron chi connectivity index (χ2n) is 8.81. The number of piperazine rings is 1. The summed E-state index contributed by atoms with van der Waals surface area (Å²) in [7, 11) is -2.41. The Balaban J connectivity index is 1.48. The number of aromatic amines is 1. The van der Waals surface area contributed by atoms with Gasteiger partial charge in [-0.1, -0.05) is 35.9 Å². The normalized spacial score (nSPS) is 16.7. The molecule has 0 radical (unpaired) electrons. The van der Waals surface area contributed by atoms with Gasteiger partial charge in [-0.2, -0.15) is 14.7 Å². The van der Waals surface area contributed by atoms with E-state index in [1.165, 1.54) is 11.0 Å². The molecule has 1 amide bonds.